The highest BCUT2D eigenvalue weighted by Crippen LogP contribution is 2.12. The van der Waals surface area contributed by atoms with Gasteiger partial charge < -0.3 is 4.98 Å². The van der Waals surface area contributed by atoms with Crippen molar-refractivity contribution in [3.8, 4) is 0 Å². The third-order valence-corrected chi connectivity index (χ3v) is 3.25. The van der Waals surface area contributed by atoms with Crippen LogP contribution >= 0.6 is 0 Å². The maximum absolute atomic E-state index is 4.52. The summed E-state index contributed by atoms with van der Waals surface area (Å²) in [5.41, 5.74) is 4.40. The molecule has 19 heavy (non-hydrogen) atoms. The van der Waals surface area contributed by atoms with Crippen molar-refractivity contribution in [1.29, 1.82) is 0 Å². The normalized spacial score (nSPS) is 11.0. The summed E-state index contributed by atoms with van der Waals surface area (Å²) in [7, 11) is 0. The molecule has 0 bridgehead atoms. The van der Waals surface area contributed by atoms with Crippen molar-refractivity contribution in [2.45, 2.75) is 26.2 Å². The van der Waals surface area contributed by atoms with Gasteiger partial charge in [-0.05, 0) is 37.0 Å². The van der Waals surface area contributed by atoms with Gasteiger partial charge in [-0.3, -0.25) is 0 Å². The van der Waals surface area contributed by atoms with Crippen LogP contribution in [0.5, 0.6) is 0 Å². The van der Waals surface area contributed by atoms with Gasteiger partial charge in [0.15, 0.2) is 5.65 Å². The number of nitrogens with one attached hydrogen (secondary N) is 1. The van der Waals surface area contributed by atoms with Gasteiger partial charge in [0.2, 0.25) is 0 Å². The van der Waals surface area contributed by atoms with E-state index >= 15 is 0 Å². The van der Waals surface area contributed by atoms with Gasteiger partial charge >= 0.3 is 0 Å². The van der Waals surface area contributed by atoms with Crippen LogP contribution in [-0.2, 0) is 12.8 Å². The molecule has 3 aromatic rings. The van der Waals surface area contributed by atoms with E-state index in [0.29, 0.717) is 0 Å². The number of aryl methyl sites for hydroxylation is 3. The minimum atomic E-state index is 0.820. The Kier molecular flexibility index (Phi) is 3.27. The molecule has 0 atom stereocenters. The molecule has 0 saturated carbocycles. The lowest BCUT2D eigenvalue weighted by Gasteiger charge is -1.99. The quantitative estimate of drug-likeness (QED) is 0.771. The van der Waals surface area contributed by atoms with Gasteiger partial charge in [-0.2, -0.15) is 0 Å². The number of hydrogen-bond donors (Lipinski definition) is 1. The standard InChI is InChI=1S/C16H17N3/c1-12-10-14-16(17-11-12)19-15(18-14)9-5-8-13-6-3-2-4-7-13/h2-4,6-7,10-11H,5,8-9H2,1H3,(H,17,18,19). The van der Waals surface area contributed by atoms with Crippen molar-refractivity contribution in [1.82, 2.24) is 15.0 Å². The summed E-state index contributed by atoms with van der Waals surface area (Å²) < 4.78 is 0. The number of fused-ring (bicyclic) bond motifs is 1. The van der Waals surface area contributed by atoms with Crippen LogP contribution in [0.15, 0.2) is 42.6 Å². The monoisotopic (exact) mass is 251 g/mol. The van der Waals surface area contributed by atoms with E-state index in [1.165, 1.54) is 5.56 Å². The maximum atomic E-state index is 4.52. The Bertz CT molecular complexity index is 671. The zero-order valence-electron chi connectivity index (χ0n) is 11.1. The lowest BCUT2D eigenvalue weighted by molar-refractivity contribution is 0.785. The van der Waals surface area contributed by atoms with Crippen LogP contribution < -0.4 is 0 Å². The van der Waals surface area contributed by atoms with E-state index in [1.54, 1.807) is 0 Å². The number of pyridine rings is 1. The lowest BCUT2D eigenvalue weighted by Crippen LogP contribution is -1.91. The van der Waals surface area contributed by atoms with E-state index < -0.39 is 0 Å². The fourth-order valence-corrected chi connectivity index (χ4v) is 2.28. The average molecular weight is 251 g/mol. The van der Waals surface area contributed by atoms with E-state index in [9.17, 15) is 0 Å². The molecule has 1 N–H and O–H groups in total. The number of nitrogens with zero attached hydrogens (tertiary/aromatic N) is 2. The number of benzene rings is 1. The van der Waals surface area contributed by atoms with Gasteiger partial charge in [0, 0.05) is 12.6 Å². The van der Waals surface area contributed by atoms with Gasteiger partial charge in [0.05, 0.1) is 5.52 Å². The topological polar surface area (TPSA) is 41.6 Å². The minimum Gasteiger partial charge on any atom is -0.341 e. The third-order valence-electron chi connectivity index (χ3n) is 3.25. The summed E-state index contributed by atoms with van der Waals surface area (Å²) in [6, 6.07) is 12.7. The highest BCUT2D eigenvalue weighted by Gasteiger charge is 2.04. The second-order valence-corrected chi connectivity index (χ2v) is 4.91. The second-order valence-electron chi connectivity index (χ2n) is 4.91. The number of aromatic nitrogens is 3. The molecule has 96 valence electrons. The lowest BCUT2D eigenvalue weighted by atomic mass is 10.1. The Morgan fingerprint density at radius 1 is 1.11 bits per heavy atom. The molecule has 0 spiro atoms. The van der Waals surface area contributed by atoms with E-state index in [1.807, 2.05) is 13.1 Å². The van der Waals surface area contributed by atoms with Crippen molar-refractivity contribution in [2.75, 3.05) is 0 Å². The first-order valence-corrected chi connectivity index (χ1v) is 6.66. The molecule has 0 aliphatic heterocycles. The van der Waals surface area contributed by atoms with Crippen LogP contribution in [0.3, 0.4) is 0 Å². The first kappa shape index (κ1) is 11.9. The van der Waals surface area contributed by atoms with Gasteiger partial charge in [-0.25, -0.2) is 9.97 Å². The van der Waals surface area contributed by atoms with Crippen molar-refractivity contribution in [3.63, 3.8) is 0 Å². The molecule has 3 nitrogen and oxygen atoms in total. The Labute approximate surface area is 112 Å². The Hall–Kier alpha value is -2.16. The van der Waals surface area contributed by atoms with Crippen molar-refractivity contribution >= 4 is 11.2 Å². The summed E-state index contributed by atoms with van der Waals surface area (Å²) in [4.78, 5) is 12.2. The zero-order chi connectivity index (χ0) is 13.1. The molecule has 0 fully saturated rings. The van der Waals surface area contributed by atoms with Crippen LogP contribution in [0, 0.1) is 6.92 Å². The molecule has 0 aliphatic carbocycles. The highest BCUT2D eigenvalue weighted by molar-refractivity contribution is 5.70. The number of H-pyrrole nitrogens is 1. The predicted molar refractivity (Wildman–Crippen MR) is 77.1 cm³/mol. The van der Waals surface area contributed by atoms with Gasteiger partial charge in [0.25, 0.3) is 0 Å². The van der Waals surface area contributed by atoms with Gasteiger partial charge in [0.1, 0.15) is 5.82 Å². The SMILES string of the molecule is Cc1cnc2nc(CCCc3ccccc3)[nH]c2c1. The largest absolute Gasteiger partial charge is 0.341 e. The Morgan fingerprint density at radius 3 is 2.79 bits per heavy atom. The summed E-state index contributed by atoms with van der Waals surface area (Å²) in [6.07, 6.45) is 5.01. The van der Waals surface area contributed by atoms with E-state index in [2.05, 4.69) is 51.4 Å². The molecule has 0 aliphatic rings. The molecule has 2 aromatic heterocycles. The molecule has 3 rings (SSSR count). The molecule has 0 saturated heterocycles. The van der Waals surface area contributed by atoms with Gasteiger partial charge in [-0.1, -0.05) is 30.3 Å². The van der Waals surface area contributed by atoms with Crippen molar-refractivity contribution < 1.29 is 0 Å². The van der Waals surface area contributed by atoms with Gasteiger partial charge in [-0.15, -0.1) is 0 Å². The van der Waals surface area contributed by atoms with Crippen LogP contribution in [-0.4, -0.2) is 15.0 Å². The highest BCUT2D eigenvalue weighted by atomic mass is 15.0. The Balaban J connectivity index is 1.65. The number of rotatable bonds is 4. The van der Waals surface area contributed by atoms with E-state index in [4.69, 9.17) is 0 Å². The molecule has 0 radical (unpaired) electrons. The molecule has 3 heteroatoms. The van der Waals surface area contributed by atoms with Crippen LogP contribution in [0.2, 0.25) is 0 Å². The fourth-order valence-electron chi connectivity index (χ4n) is 2.28. The average Bonchev–Trinajstić information content (AvgIpc) is 2.82. The molecular weight excluding hydrogens is 234 g/mol. The van der Waals surface area contributed by atoms with E-state index in [-0.39, 0.29) is 0 Å². The smallest absolute Gasteiger partial charge is 0.177 e. The zero-order valence-corrected chi connectivity index (χ0v) is 11.1. The predicted octanol–water partition coefficient (Wildman–Crippen LogP) is 3.44. The number of aromatic amines is 1. The molecular formula is C16H17N3. The number of hydrogen-bond acceptors (Lipinski definition) is 2. The Morgan fingerprint density at radius 2 is 1.95 bits per heavy atom. The van der Waals surface area contributed by atoms with Crippen LogP contribution in [0.1, 0.15) is 23.4 Å². The van der Waals surface area contributed by atoms with E-state index in [0.717, 1.165) is 41.8 Å². The summed E-state index contributed by atoms with van der Waals surface area (Å²) >= 11 is 0. The second kappa shape index (κ2) is 5.22. The van der Waals surface area contributed by atoms with Crippen molar-refractivity contribution in [2.24, 2.45) is 0 Å². The summed E-state index contributed by atoms with van der Waals surface area (Å²) in [5, 5.41) is 0. The van der Waals surface area contributed by atoms with Crippen LogP contribution in [0.4, 0.5) is 0 Å². The summed E-state index contributed by atoms with van der Waals surface area (Å²) in [5.74, 6) is 1.03. The third kappa shape index (κ3) is 2.81. The van der Waals surface area contributed by atoms with Crippen molar-refractivity contribution in [3.05, 3.63) is 59.5 Å². The van der Waals surface area contributed by atoms with Crippen LogP contribution in [0.25, 0.3) is 11.2 Å². The molecule has 0 unspecified atom stereocenters. The number of imidazole rings is 1. The first-order valence-electron chi connectivity index (χ1n) is 6.66. The summed E-state index contributed by atoms with van der Waals surface area (Å²) in [6.45, 7) is 2.04. The minimum absolute atomic E-state index is 0.820. The first-order chi connectivity index (χ1) is 9.31. The molecule has 0 amide bonds. The molecule has 2 heterocycles. The fraction of sp³-hybridized carbons (Fsp3) is 0.250. The maximum Gasteiger partial charge on any atom is 0.177 e. The molecule has 1 aromatic carbocycles.